The van der Waals surface area contributed by atoms with E-state index >= 15 is 9.59 Å². The number of halogens is 1. The minimum atomic E-state index is -1.59. The zero-order valence-electron chi connectivity index (χ0n) is 31.2. The molecule has 2 aliphatic carbocycles. The van der Waals surface area contributed by atoms with Crippen LogP contribution in [0.2, 0.25) is 5.02 Å². The van der Waals surface area contributed by atoms with Crippen LogP contribution in [0, 0.1) is 43.9 Å². The van der Waals surface area contributed by atoms with Gasteiger partial charge in [0.1, 0.15) is 12.4 Å². The van der Waals surface area contributed by atoms with E-state index in [0.717, 1.165) is 21.9 Å². The first-order chi connectivity index (χ1) is 27.8. The number of carbonyl (C=O) groups is 4. The molecular formula is C42H36ClN5O10. The number of anilines is 3. The molecule has 8 rings (SSSR count). The first-order valence-electron chi connectivity index (χ1n) is 18.6. The van der Waals surface area contributed by atoms with Crippen molar-refractivity contribution < 1.29 is 38.9 Å². The predicted molar refractivity (Wildman–Crippen MR) is 212 cm³/mol. The van der Waals surface area contributed by atoms with Gasteiger partial charge in [0, 0.05) is 42.7 Å². The fourth-order valence-corrected chi connectivity index (χ4v) is 9.99. The number of ether oxygens (including phenoxy) is 1. The molecule has 1 N–H and O–H groups in total. The van der Waals surface area contributed by atoms with Gasteiger partial charge in [-0.2, -0.15) is 0 Å². The Morgan fingerprint density at radius 2 is 1.50 bits per heavy atom. The third kappa shape index (κ3) is 5.67. The molecule has 0 aromatic heterocycles. The maximum Gasteiger partial charge on any atom is 0.301 e. The number of aliphatic hydroxyl groups excluding tert-OH is 1. The topological polar surface area (TPSA) is 194 Å². The van der Waals surface area contributed by atoms with Crippen molar-refractivity contribution in [3.05, 3.63) is 139 Å². The molecule has 58 heavy (non-hydrogen) atoms. The van der Waals surface area contributed by atoms with E-state index < -0.39 is 79.9 Å². The van der Waals surface area contributed by atoms with E-state index in [1.165, 1.54) is 25.1 Å². The lowest BCUT2D eigenvalue weighted by atomic mass is 9.49. The molecule has 4 amide bonds. The number of benzene rings is 4. The van der Waals surface area contributed by atoms with E-state index in [-0.39, 0.29) is 43.1 Å². The van der Waals surface area contributed by atoms with Crippen LogP contribution in [-0.4, -0.2) is 65.9 Å². The van der Waals surface area contributed by atoms with Gasteiger partial charge in [-0.25, -0.2) is 9.80 Å². The van der Waals surface area contributed by atoms with Crippen LogP contribution in [0.25, 0.3) is 0 Å². The minimum absolute atomic E-state index is 0.0311. The number of nitro benzene ring substituents is 2. The lowest BCUT2D eigenvalue weighted by Crippen LogP contribution is -2.53. The summed E-state index contributed by atoms with van der Waals surface area (Å²) in [5.41, 5.74) is -1.59. The summed E-state index contributed by atoms with van der Waals surface area (Å²) in [7, 11) is 2.82. The van der Waals surface area contributed by atoms with Crippen molar-refractivity contribution in [2.24, 2.45) is 23.7 Å². The van der Waals surface area contributed by atoms with Crippen LogP contribution in [0.3, 0.4) is 0 Å². The van der Waals surface area contributed by atoms with Gasteiger partial charge in [0.05, 0.1) is 51.0 Å². The van der Waals surface area contributed by atoms with Gasteiger partial charge in [-0.3, -0.25) is 39.4 Å². The molecule has 0 bridgehead atoms. The standard InChI is InChI=1S/C42H36ClN5O10/c1-44(2)37-32(47(54)55)20-26(21-33(37)48(56)57)45-38(50)29-16-15-27-30(35(29)40(45)52)22-31-39(51)46(25-12-8-11-24(43)19-25)41(53)42(31,23-9-4-3-5-10-23)36(27)28-13-6-7-14-34(28)58-18-17-49/h3-15,19-21,29-31,35-36,49H,16-18,22H2,1-2H3. The van der Waals surface area contributed by atoms with Crippen molar-refractivity contribution in [3.8, 4) is 5.75 Å². The number of fused-ring (bicyclic) bond motifs is 4. The van der Waals surface area contributed by atoms with Gasteiger partial charge < -0.3 is 14.7 Å². The molecule has 2 aliphatic heterocycles. The summed E-state index contributed by atoms with van der Waals surface area (Å²) in [6.07, 6.45) is 1.84. The lowest BCUT2D eigenvalue weighted by molar-refractivity contribution is -0.392. The number of nitrogens with zero attached hydrogens (tertiary/aromatic N) is 5. The summed E-state index contributed by atoms with van der Waals surface area (Å²) in [6, 6.07) is 24.3. The Bertz CT molecular complexity index is 2420. The van der Waals surface area contributed by atoms with E-state index in [0.29, 0.717) is 27.5 Å². The second kappa shape index (κ2) is 14.5. The molecular weight excluding hydrogens is 770 g/mol. The van der Waals surface area contributed by atoms with E-state index in [4.69, 9.17) is 16.3 Å². The summed E-state index contributed by atoms with van der Waals surface area (Å²) in [6.45, 7) is -0.383. The number of rotatable bonds is 10. The molecule has 0 radical (unpaired) electrons. The maximum absolute atomic E-state index is 15.5. The molecule has 16 heteroatoms. The van der Waals surface area contributed by atoms with Crippen LogP contribution in [-0.2, 0) is 24.6 Å². The van der Waals surface area contributed by atoms with Gasteiger partial charge in [0.2, 0.25) is 23.6 Å². The van der Waals surface area contributed by atoms with Gasteiger partial charge in [0.25, 0.3) is 0 Å². The molecule has 4 aromatic carbocycles. The Kier molecular flexibility index (Phi) is 9.60. The van der Waals surface area contributed by atoms with E-state index in [2.05, 4.69) is 0 Å². The number of amides is 4. The van der Waals surface area contributed by atoms with Gasteiger partial charge >= 0.3 is 11.4 Å². The van der Waals surface area contributed by atoms with Crippen LogP contribution in [0.5, 0.6) is 5.75 Å². The summed E-state index contributed by atoms with van der Waals surface area (Å²) in [5.74, 6) is -7.03. The monoisotopic (exact) mass is 805 g/mol. The first-order valence-corrected chi connectivity index (χ1v) is 18.9. The summed E-state index contributed by atoms with van der Waals surface area (Å²) in [4.78, 5) is 85.8. The van der Waals surface area contributed by atoms with Crippen molar-refractivity contribution in [1.29, 1.82) is 0 Å². The number of carbonyl (C=O) groups excluding carboxylic acids is 4. The van der Waals surface area contributed by atoms with E-state index in [1.807, 2.05) is 6.08 Å². The molecule has 296 valence electrons. The fraction of sp³-hybridized carbons (Fsp3) is 0.286. The SMILES string of the molecule is CN(C)c1c([N+](=O)[O-])cc(N2C(=O)C3CC=C4C(CC5C(=O)N(c6cccc(Cl)c6)C(=O)C5(c5ccccc5)C4c4ccccc4OCCO)C3C2=O)cc1[N+](=O)[O-]. The highest BCUT2D eigenvalue weighted by atomic mass is 35.5. The van der Waals surface area contributed by atoms with Gasteiger partial charge in [-0.1, -0.05) is 77.8 Å². The summed E-state index contributed by atoms with van der Waals surface area (Å²) < 4.78 is 6.08. The Labute approximate surface area is 336 Å². The highest BCUT2D eigenvalue weighted by Gasteiger charge is 2.70. The van der Waals surface area contributed by atoms with Crippen molar-refractivity contribution in [2.45, 2.75) is 24.2 Å². The van der Waals surface area contributed by atoms with E-state index in [1.54, 1.807) is 72.8 Å². The van der Waals surface area contributed by atoms with Gasteiger partial charge in [-0.15, -0.1) is 0 Å². The molecule has 2 heterocycles. The average molecular weight is 806 g/mol. The zero-order valence-corrected chi connectivity index (χ0v) is 31.9. The minimum Gasteiger partial charge on any atom is -0.491 e. The van der Waals surface area contributed by atoms with Crippen LogP contribution in [0.1, 0.15) is 29.9 Å². The third-order valence-electron chi connectivity index (χ3n) is 11.9. The highest BCUT2D eigenvalue weighted by Crippen LogP contribution is 2.65. The van der Waals surface area contributed by atoms with Crippen molar-refractivity contribution >= 4 is 63.7 Å². The van der Waals surface area contributed by atoms with Crippen LogP contribution >= 0.6 is 11.6 Å². The Morgan fingerprint density at radius 3 is 2.14 bits per heavy atom. The number of aliphatic hydroxyl groups is 1. The molecule has 6 atom stereocenters. The Balaban J connectivity index is 1.34. The highest BCUT2D eigenvalue weighted by molar-refractivity contribution is 6.32. The predicted octanol–water partition coefficient (Wildman–Crippen LogP) is 5.96. The quantitative estimate of drug-likeness (QED) is 0.0860. The molecule has 0 spiro atoms. The summed E-state index contributed by atoms with van der Waals surface area (Å²) in [5, 5.41) is 34.6. The fourth-order valence-electron chi connectivity index (χ4n) is 9.80. The van der Waals surface area contributed by atoms with Crippen LogP contribution in [0.4, 0.5) is 28.4 Å². The number of para-hydroxylation sites is 1. The van der Waals surface area contributed by atoms with Crippen molar-refractivity contribution in [2.75, 3.05) is 42.0 Å². The smallest absolute Gasteiger partial charge is 0.301 e. The van der Waals surface area contributed by atoms with Crippen molar-refractivity contribution in [1.82, 2.24) is 0 Å². The second-order valence-corrected chi connectivity index (χ2v) is 15.4. The first kappa shape index (κ1) is 38.4. The summed E-state index contributed by atoms with van der Waals surface area (Å²) >= 11 is 6.40. The van der Waals surface area contributed by atoms with Gasteiger partial charge in [-0.05, 0) is 48.6 Å². The van der Waals surface area contributed by atoms with Crippen LogP contribution in [0.15, 0.2) is 103 Å². The second-order valence-electron chi connectivity index (χ2n) is 15.0. The third-order valence-corrected chi connectivity index (χ3v) is 12.1. The van der Waals surface area contributed by atoms with Crippen LogP contribution < -0.4 is 19.4 Å². The molecule has 2 saturated heterocycles. The normalized spacial score (nSPS) is 24.9. The molecule has 6 unspecified atom stereocenters. The maximum atomic E-state index is 15.5. The van der Waals surface area contributed by atoms with Crippen molar-refractivity contribution in [3.63, 3.8) is 0 Å². The number of imide groups is 2. The largest absolute Gasteiger partial charge is 0.491 e. The molecule has 4 aliphatic rings. The zero-order chi connectivity index (χ0) is 41.2. The molecule has 4 aromatic rings. The lowest BCUT2D eigenvalue weighted by Gasteiger charge is -2.51. The number of hydrogen-bond acceptors (Lipinski definition) is 11. The van der Waals surface area contributed by atoms with Gasteiger partial charge in [0.15, 0.2) is 5.69 Å². The number of nitro groups is 2. The molecule has 3 fully saturated rings. The van der Waals surface area contributed by atoms with E-state index in [9.17, 15) is 34.9 Å². The Hall–Kier alpha value is -6.45. The average Bonchev–Trinajstić information content (AvgIpc) is 3.60. The molecule has 15 nitrogen and oxygen atoms in total. The number of allylic oxidation sites excluding steroid dienone is 2. The Morgan fingerprint density at radius 1 is 0.828 bits per heavy atom. The molecule has 1 saturated carbocycles. The number of hydrogen-bond donors (Lipinski definition) is 1.